The second kappa shape index (κ2) is 5.81. The molecule has 0 aliphatic heterocycles. The van der Waals surface area contributed by atoms with Gasteiger partial charge in [0.15, 0.2) is 0 Å². The molecule has 0 saturated carbocycles. The van der Waals surface area contributed by atoms with E-state index >= 15 is 0 Å². The van der Waals surface area contributed by atoms with Gasteiger partial charge in [-0.1, -0.05) is 23.7 Å². The second-order valence-electron chi connectivity index (χ2n) is 4.08. The molecule has 112 valence electrons. The Labute approximate surface area is 123 Å². The van der Waals surface area contributed by atoms with E-state index in [2.05, 4.69) is 4.74 Å². The van der Waals surface area contributed by atoms with Crippen molar-refractivity contribution in [1.82, 2.24) is 0 Å². The first-order valence-corrected chi connectivity index (χ1v) is 6.34. The van der Waals surface area contributed by atoms with E-state index in [0.717, 1.165) is 6.07 Å². The van der Waals surface area contributed by atoms with Gasteiger partial charge < -0.3 is 9.15 Å². The van der Waals surface area contributed by atoms with Crippen LogP contribution in [-0.4, -0.2) is 12.6 Å². The number of ether oxygens (including phenoxy) is 1. The summed E-state index contributed by atoms with van der Waals surface area (Å²) in [4.78, 5) is 11.6. The highest BCUT2D eigenvalue weighted by Gasteiger charge is 2.41. The number of rotatable bonds is 3. The number of benzene rings is 1. The molecular weight excluding hydrogens is 309 g/mol. The van der Waals surface area contributed by atoms with Gasteiger partial charge in [-0.2, -0.15) is 13.2 Å². The summed E-state index contributed by atoms with van der Waals surface area (Å²) >= 11 is 5.79. The van der Waals surface area contributed by atoms with Gasteiger partial charge in [-0.3, -0.25) is 0 Å². The van der Waals surface area contributed by atoms with E-state index < -0.39 is 23.5 Å². The Bertz CT molecular complexity index is 662. The first kappa shape index (κ1) is 15.4. The fourth-order valence-corrected chi connectivity index (χ4v) is 1.94. The first-order valence-electron chi connectivity index (χ1n) is 5.97. The number of carbonyl (C=O) groups is 1. The van der Waals surface area contributed by atoms with Crippen LogP contribution < -0.4 is 0 Å². The molecule has 2 rings (SSSR count). The number of carbonyl (C=O) groups excluding carboxylic acids is 1. The summed E-state index contributed by atoms with van der Waals surface area (Å²) in [5, 5.41) is 0.343. The quantitative estimate of drug-likeness (QED) is 0.763. The van der Waals surface area contributed by atoms with Crippen LogP contribution in [0, 0.1) is 0 Å². The highest BCUT2D eigenvalue weighted by molar-refractivity contribution is 6.30. The van der Waals surface area contributed by atoms with Crippen LogP contribution in [0.5, 0.6) is 0 Å². The zero-order chi connectivity index (χ0) is 15.6. The van der Waals surface area contributed by atoms with Crippen LogP contribution in [0.3, 0.4) is 0 Å². The van der Waals surface area contributed by atoms with Crippen molar-refractivity contribution in [2.75, 3.05) is 6.61 Å². The van der Waals surface area contributed by atoms with Crippen LogP contribution in [0.15, 0.2) is 34.7 Å². The lowest BCUT2D eigenvalue weighted by atomic mass is 10.1. The van der Waals surface area contributed by atoms with Crippen LogP contribution in [0.25, 0.3) is 11.3 Å². The molecule has 1 heterocycles. The van der Waals surface area contributed by atoms with Crippen molar-refractivity contribution < 1.29 is 27.1 Å². The van der Waals surface area contributed by atoms with E-state index in [1.807, 2.05) is 0 Å². The molecule has 2 aromatic rings. The molecule has 0 atom stereocenters. The Kier molecular flexibility index (Phi) is 4.27. The smallest absolute Gasteiger partial charge is 0.450 e. The Hall–Kier alpha value is -1.95. The minimum atomic E-state index is -4.79. The summed E-state index contributed by atoms with van der Waals surface area (Å²) in [6.07, 6.45) is -4.79. The van der Waals surface area contributed by atoms with E-state index in [0.29, 0.717) is 10.6 Å². The molecule has 0 bridgehead atoms. The average molecular weight is 319 g/mol. The molecule has 0 N–H and O–H groups in total. The first-order chi connectivity index (χ1) is 9.82. The molecule has 3 nitrogen and oxygen atoms in total. The van der Waals surface area contributed by atoms with E-state index in [-0.39, 0.29) is 12.4 Å². The number of hydrogen-bond donors (Lipinski definition) is 0. The highest BCUT2D eigenvalue weighted by Crippen LogP contribution is 2.37. The topological polar surface area (TPSA) is 39.4 Å². The SMILES string of the molecule is CCOC(=O)c1cc(-c2cccc(Cl)c2)oc1C(F)(F)F. The van der Waals surface area contributed by atoms with Crippen LogP contribution >= 0.6 is 11.6 Å². The van der Waals surface area contributed by atoms with Gasteiger partial charge >= 0.3 is 12.1 Å². The summed E-state index contributed by atoms with van der Waals surface area (Å²) < 4.78 is 48.2. The van der Waals surface area contributed by atoms with Gasteiger partial charge in [0.25, 0.3) is 0 Å². The molecule has 0 spiro atoms. The molecule has 0 amide bonds. The van der Waals surface area contributed by atoms with E-state index in [1.165, 1.54) is 19.1 Å². The molecule has 0 radical (unpaired) electrons. The van der Waals surface area contributed by atoms with Crippen LogP contribution in [-0.2, 0) is 10.9 Å². The summed E-state index contributed by atoms with van der Waals surface area (Å²) in [6, 6.07) is 7.12. The Balaban J connectivity index is 2.53. The number of alkyl halides is 3. The predicted molar refractivity (Wildman–Crippen MR) is 70.1 cm³/mol. The lowest BCUT2D eigenvalue weighted by Gasteiger charge is -2.05. The van der Waals surface area contributed by atoms with Crippen molar-refractivity contribution in [1.29, 1.82) is 0 Å². The zero-order valence-electron chi connectivity index (χ0n) is 10.8. The number of esters is 1. The molecular formula is C14H10ClF3O3. The molecule has 0 aliphatic carbocycles. The highest BCUT2D eigenvalue weighted by atomic mass is 35.5. The van der Waals surface area contributed by atoms with Crippen molar-refractivity contribution in [3.8, 4) is 11.3 Å². The van der Waals surface area contributed by atoms with Gasteiger partial charge in [-0.15, -0.1) is 0 Å². The largest absolute Gasteiger partial charge is 0.462 e. The van der Waals surface area contributed by atoms with Gasteiger partial charge in [-0.25, -0.2) is 4.79 Å². The fraction of sp³-hybridized carbons (Fsp3) is 0.214. The molecule has 0 aliphatic rings. The maximum Gasteiger partial charge on any atom is 0.450 e. The normalized spacial score (nSPS) is 11.5. The molecule has 1 aromatic carbocycles. The summed E-state index contributed by atoms with van der Waals surface area (Å²) in [6.45, 7) is 1.47. The summed E-state index contributed by atoms with van der Waals surface area (Å²) in [5.41, 5.74) is -0.317. The van der Waals surface area contributed by atoms with Gasteiger partial charge in [0.1, 0.15) is 11.3 Å². The van der Waals surface area contributed by atoms with Crippen molar-refractivity contribution in [3.05, 3.63) is 46.7 Å². The number of halogens is 4. The van der Waals surface area contributed by atoms with Crippen molar-refractivity contribution in [2.24, 2.45) is 0 Å². The second-order valence-corrected chi connectivity index (χ2v) is 4.52. The van der Waals surface area contributed by atoms with E-state index in [9.17, 15) is 18.0 Å². The van der Waals surface area contributed by atoms with Gasteiger partial charge in [0.2, 0.25) is 5.76 Å². The molecule has 0 fully saturated rings. The van der Waals surface area contributed by atoms with E-state index in [1.54, 1.807) is 12.1 Å². The van der Waals surface area contributed by atoms with Crippen molar-refractivity contribution in [2.45, 2.75) is 13.1 Å². The van der Waals surface area contributed by atoms with Crippen LogP contribution in [0.4, 0.5) is 13.2 Å². The van der Waals surface area contributed by atoms with Crippen LogP contribution in [0.1, 0.15) is 23.0 Å². The monoisotopic (exact) mass is 318 g/mol. The average Bonchev–Trinajstić information content (AvgIpc) is 2.84. The maximum absolute atomic E-state index is 12.9. The third-order valence-electron chi connectivity index (χ3n) is 2.59. The minimum Gasteiger partial charge on any atom is -0.462 e. The van der Waals surface area contributed by atoms with Crippen molar-refractivity contribution in [3.63, 3.8) is 0 Å². The third kappa shape index (κ3) is 3.39. The molecule has 0 unspecified atom stereocenters. The maximum atomic E-state index is 12.9. The van der Waals surface area contributed by atoms with Crippen LogP contribution in [0.2, 0.25) is 5.02 Å². The van der Waals surface area contributed by atoms with E-state index in [4.69, 9.17) is 16.0 Å². The summed E-state index contributed by atoms with van der Waals surface area (Å²) in [5.74, 6) is -2.56. The predicted octanol–water partition coefficient (Wildman–Crippen LogP) is 4.80. The minimum absolute atomic E-state index is 0.0339. The van der Waals surface area contributed by atoms with Gasteiger partial charge in [0, 0.05) is 10.6 Å². The Morgan fingerprint density at radius 3 is 2.62 bits per heavy atom. The lowest BCUT2D eigenvalue weighted by Crippen LogP contribution is -2.12. The van der Waals surface area contributed by atoms with Gasteiger partial charge in [-0.05, 0) is 25.1 Å². The Morgan fingerprint density at radius 2 is 2.05 bits per heavy atom. The number of furan rings is 1. The Morgan fingerprint density at radius 1 is 1.33 bits per heavy atom. The molecule has 0 saturated heterocycles. The summed E-state index contributed by atoms with van der Waals surface area (Å²) in [7, 11) is 0. The fourth-order valence-electron chi connectivity index (χ4n) is 1.75. The standard InChI is InChI=1S/C14H10ClF3O3/c1-2-20-13(19)10-7-11(21-12(10)14(16,17)18)8-4-3-5-9(15)6-8/h3-7H,2H2,1H3. The lowest BCUT2D eigenvalue weighted by molar-refractivity contribution is -0.153. The molecule has 1 aromatic heterocycles. The third-order valence-corrected chi connectivity index (χ3v) is 2.83. The zero-order valence-corrected chi connectivity index (χ0v) is 11.6. The molecule has 21 heavy (non-hydrogen) atoms. The van der Waals surface area contributed by atoms with Gasteiger partial charge in [0.05, 0.1) is 6.61 Å². The molecule has 7 heteroatoms. The van der Waals surface area contributed by atoms with Crippen molar-refractivity contribution >= 4 is 17.6 Å². The number of hydrogen-bond acceptors (Lipinski definition) is 3.